The summed E-state index contributed by atoms with van der Waals surface area (Å²) >= 11 is 0. The van der Waals surface area contributed by atoms with E-state index in [0.29, 0.717) is 11.3 Å². The number of hydrogen-bond acceptors (Lipinski definition) is 6. The van der Waals surface area contributed by atoms with Gasteiger partial charge in [-0.3, -0.25) is 0 Å². The van der Waals surface area contributed by atoms with Crippen molar-refractivity contribution in [3.8, 4) is 11.5 Å². The van der Waals surface area contributed by atoms with Gasteiger partial charge in [0.25, 0.3) is 0 Å². The van der Waals surface area contributed by atoms with Crippen molar-refractivity contribution in [1.82, 2.24) is 4.98 Å². The van der Waals surface area contributed by atoms with Crippen LogP contribution in [-0.2, 0) is 5.60 Å². The number of pyridine rings is 1. The van der Waals surface area contributed by atoms with Gasteiger partial charge in [0.15, 0.2) is 5.60 Å². The zero-order valence-corrected chi connectivity index (χ0v) is 21.9. The first-order valence-corrected chi connectivity index (χ1v) is 12.4. The Hall–Kier alpha value is -3.32. The first-order valence-electron chi connectivity index (χ1n) is 12.4. The van der Waals surface area contributed by atoms with E-state index in [2.05, 4.69) is 47.7 Å². The highest BCUT2D eigenvalue weighted by atomic mass is 19.1. The molecule has 0 aliphatic carbocycles. The number of fused-ring (bicyclic) bond motifs is 1. The number of rotatable bonds is 4. The van der Waals surface area contributed by atoms with Gasteiger partial charge in [0, 0.05) is 54.9 Å². The van der Waals surface area contributed by atoms with Gasteiger partial charge in [-0.1, -0.05) is 0 Å². The fourth-order valence-electron chi connectivity index (χ4n) is 5.84. The van der Waals surface area contributed by atoms with Crippen molar-refractivity contribution in [3.05, 3.63) is 76.4 Å². The van der Waals surface area contributed by atoms with Crippen LogP contribution in [0.2, 0.25) is 0 Å². The van der Waals surface area contributed by atoms with Gasteiger partial charge in [-0.05, 0) is 87.7 Å². The van der Waals surface area contributed by atoms with Gasteiger partial charge >= 0.3 is 0 Å². The summed E-state index contributed by atoms with van der Waals surface area (Å²) in [5.74, 6) is 0.986. The Kier molecular flexibility index (Phi) is 5.86. The molecule has 0 saturated carbocycles. The molecule has 6 nitrogen and oxygen atoms in total. The number of anilines is 2. The van der Waals surface area contributed by atoms with Crippen molar-refractivity contribution in [2.45, 2.75) is 45.8 Å². The second-order valence-electron chi connectivity index (χ2n) is 10.3. The molecule has 0 bridgehead atoms. The smallest absolute Gasteiger partial charge is 0.212 e. The maximum Gasteiger partial charge on any atom is 0.212 e. The number of piperazine rings is 1. The normalized spacial score (nSPS) is 20.8. The van der Waals surface area contributed by atoms with Gasteiger partial charge in [0.05, 0.1) is 7.11 Å². The summed E-state index contributed by atoms with van der Waals surface area (Å²) in [6, 6.07) is 11.1. The van der Waals surface area contributed by atoms with Crippen LogP contribution in [0.1, 0.15) is 41.7 Å². The monoisotopic (exact) mass is 491 g/mol. The van der Waals surface area contributed by atoms with Crippen molar-refractivity contribution in [1.29, 1.82) is 0 Å². The standard InChI is InChI=1S/C29H34FN3O3/c1-18-19(2)27-25(29(34,28(4,5)36-27)21-7-12-24(30)31-17-21)20(3)26(18)33-15-13-32(14-16-33)22-8-10-23(35-6)11-9-22/h7-12,17,34H,13-16H2,1-6H3. The largest absolute Gasteiger partial charge is 0.497 e. The SMILES string of the molecule is COc1ccc(N2CCN(c3c(C)c(C)c4c(c3C)C(O)(c3ccc(F)nc3)C(C)(C)O4)CC2)cc1. The van der Waals surface area contributed by atoms with Crippen LogP contribution in [-0.4, -0.2) is 49.0 Å². The first kappa shape index (κ1) is 24.4. The topological polar surface area (TPSA) is 58.1 Å². The molecule has 1 N–H and O–H groups in total. The Morgan fingerprint density at radius 2 is 1.56 bits per heavy atom. The molecule has 36 heavy (non-hydrogen) atoms. The number of ether oxygens (including phenoxy) is 2. The molecule has 2 aliphatic rings. The van der Waals surface area contributed by atoms with E-state index < -0.39 is 17.1 Å². The fraction of sp³-hybridized carbons (Fsp3) is 0.414. The zero-order chi connectivity index (χ0) is 25.8. The average molecular weight is 492 g/mol. The maximum absolute atomic E-state index is 13.6. The maximum atomic E-state index is 13.6. The molecular weight excluding hydrogens is 457 g/mol. The van der Waals surface area contributed by atoms with Crippen LogP contribution in [0.3, 0.4) is 0 Å². The van der Waals surface area contributed by atoms with Gasteiger partial charge in [-0.2, -0.15) is 4.39 Å². The van der Waals surface area contributed by atoms with Crippen LogP contribution < -0.4 is 19.3 Å². The molecule has 0 amide bonds. The van der Waals surface area contributed by atoms with Gasteiger partial charge in [0.2, 0.25) is 5.95 Å². The minimum absolute atomic E-state index is 0.522. The summed E-state index contributed by atoms with van der Waals surface area (Å²) in [7, 11) is 1.68. The third kappa shape index (κ3) is 3.60. The van der Waals surface area contributed by atoms with E-state index in [1.54, 1.807) is 13.2 Å². The van der Waals surface area contributed by atoms with E-state index in [-0.39, 0.29) is 0 Å². The van der Waals surface area contributed by atoms with Crippen molar-refractivity contribution in [3.63, 3.8) is 0 Å². The van der Waals surface area contributed by atoms with Crippen LogP contribution in [0.5, 0.6) is 11.5 Å². The Balaban J connectivity index is 1.52. The molecule has 5 rings (SSSR count). The lowest BCUT2D eigenvalue weighted by atomic mass is 9.74. The summed E-state index contributed by atoms with van der Waals surface area (Å²) in [4.78, 5) is 8.62. The molecule has 2 aromatic carbocycles. The summed E-state index contributed by atoms with van der Waals surface area (Å²) in [6.45, 7) is 13.5. The zero-order valence-electron chi connectivity index (χ0n) is 21.9. The summed E-state index contributed by atoms with van der Waals surface area (Å²) in [5.41, 5.74) is 4.32. The Morgan fingerprint density at radius 1 is 0.917 bits per heavy atom. The predicted molar refractivity (Wildman–Crippen MR) is 140 cm³/mol. The second-order valence-corrected chi connectivity index (χ2v) is 10.3. The highest BCUT2D eigenvalue weighted by Gasteiger charge is 2.57. The number of methoxy groups -OCH3 is 1. The van der Waals surface area contributed by atoms with Gasteiger partial charge in [-0.25, -0.2) is 4.98 Å². The van der Waals surface area contributed by atoms with Crippen LogP contribution >= 0.6 is 0 Å². The molecule has 1 saturated heterocycles. The third-order valence-electron chi connectivity index (χ3n) is 7.98. The summed E-state index contributed by atoms with van der Waals surface area (Å²) in [5, 5.41) is 12.3. The van der Waals surface area contributed by atoms with E-state index >= 15 is 0 Å². The molecule has 0 radical (unpaired) electrons. The van der Waals surface area contributed by atoms with Gasteiger partial charge < -0.3 is 24.4 Å². The van der Waals surface area contributed by atoms with Crippen molar-refractivity contribution in [2.24, 2.45) is 0 Å². The molecule has 0 spiro atoms. The molecule has 1 aromatic heterocycles. The second kappa shape index (κ2) is 8.66. The molecule has 1 atom stereocenters. The van der Waals surface area contributed by atoms with E-state index in [9.17, 15) is 9.50 Å². The lowest BCUT2D eigenvalue weighted by Gasteiger charge is -2.40. The highest BCUT2D eigenvalue weighted by Crippen LogP contribution is 2.56. The minimum atomic E-state index is -1.47. The first-order chi connectivity index (χ1) is 17.1. The summed E-state index contributed by atoms with van der Waals surface area (Å²) < 4.78 is 25.4. The van der Waals surface area contributed by atoms with Crippen LogP contribution in [0.15, 0.2) is 42.6 Å². The molecule has 1 unspecified atom stereocenters. The molecule has 1 fully saturated rings. The number of hydrogen-bond donors (Lipinski definition) is 1. The molecule has 3 aromatic rings. The quantitative estimate of drug-likeness (QED) is 0.525. The van der Waals surface area contributed by atoms with E-state index in [0.717, 1.165) is 59.9 Å². The van der Waals surface area contributed by atoms with E-state index in [1.807, 2.05) is 26.0 Å². The van der Waals surface area contributed by atoms with Gasteiger partial charge in [-0.15, -0.1) is 0 Å². The number of nitrogens with zero attached hydrogens (tertiary/aromatic N) is 3. The highest BCUT2D eigenvalue weighted by molar-refractivity contribution is 5.73. The molecular formula is C29H34FN3O3. The van der Waals surface area contributed by atoms with E-state index in [1.165, 1.54) is 18.0 Å². The lowest BCUT2D eigenvalue weighted by molar-refractivity contribution is -0.0647. The van der Waals surface area contributed by atoms with Crippen molar-refractivity contribution in [2.75, 3.05) is 43.1 Å². The Bertz CT molecular complexity index is 1280. The average Bonchev–Trinajstić information content (AvgIpc) is 3.10. The predicted octanol–water partition coefficient (Wildman–Crippen LogP) is 4.89. The van der Waals surface area contributed by atoms with Crippen LogP contribution in [0, 0.1) is 26.7 Å². The number of aromatic nitrogens is 1. The Labute approximate surface area is 212 Å². The van der Waals surface area contributed by atoms with Crippen LogP contribution in [0.4, 0.5) is 15.8 Å². The molecule has 2 aliphatic heterocycles. The van der Waals surface area contributed by atoms with Crippen molar-refractivity contribution < 1.29 is 19.0 Å². The number of aliphatic hydroxyl groups is 1. The Morgan fingerprint density at radius 3 is 2.14 bits per heavy atom. The lowest BCUT2D eigenvalue weighted by Crippen LogP contribution is -2.48. The summed E-state index contributed by atoms with van der Waals surface area (Å²) in [6.07, 6.45) is 1.41. The van der Waals surface area contributed by atoms with E-state index in [4.69, 9.17) is 9.47 Å². The molecule has 190 valence electrons. The van der Waals surface area contributed by atoms with Crippen LogP contribution in [0.25, 0.3) is 0 Å². The van der Waals surface area contributed by atoms with Crippen molar-refractivity contribution >= 4 is 11.4 Å². The third-order valence-corrected chi connectivity index (χ3v) is 7.98. The number of benzene rings is 2. The number of halogens is 1. The molecule has 7 heteroatoms. The molecule has 3 heterocycles. The van der Waals surface area contributed by atoms with Gasteiger partial charge in [0.1, 0.15) is 17.1 Å². The minimum Gasteiger partial charge on any atom is -0.497 e. The fourth-order valence-corrected chi connectivity index (χ4v) is 5.84.